The van der Waals surface area contributed by atoms with E-state index in [-0.39, 0.29) is 5.75 Å². The van der Waals surface area contributed by atoms with Crippen molar-refractivity contribution in [3.8, 4) is 5.75 Å². The maximum Gasteiger partial charge on any atom is 0.120 e. The van der Waals surface area contributed by atoms with E-state index in [1.54, 1.807) is 6.07 Å². The van der Waals surface area contributed by atoms with Gasteiger partial charge in [0.05, 0.1) is 0 Å². The fraction of sp³-hybridized carbons (Fsp3) is 0.136. The molecule has 1 N–H and O–H groups in total. The number of anilines is 1. The summed E-state index contributed by atoms with van der Waals surface area (Å²) >= 11 is 5.96. The zero-order valence-corrected chi connectivity index (χ0v) is 15.0. The molecule has 0 fully saturated rings. The van der Waals surface area contributed by atoms with Gasteiger partial charge in [0, 0.05) is 18.3 Å². The number of thiocarbonyl (C=S) groups is 1. The van der Waals surface area contributed by atoms with Crippen molar-refractivity contribution in [3.63, 3.8) is 0 Å². The Hall–Kier alpha value is -2.65. The van der Waals surface area contributed by atoms with Gasteiger partial charge in [0.1, 0.15) is 16.2 Å². The Morgan fingerprint density at radius 3 is 2.32 bits per heavy atom. The lowest BCUT2D eigenvalue weighted by molar-refractivity contribution is 0.464. The molecule has 3 heteroatoms. The summed E-state index contributed by atoms with van der Waals surface area (Å²) < 4.78 is 0. The number of likely N-dealkylation sites (N-methyl/N-ethyl adjacent to an activating group) is 1. The molecule has 4 rings (SSSR count). The summed E-state index contributed by atoms with van der Waals surface area (Å²) in [6.45, 7) is 2.04. The van der Waals surface area contributed by atoms with Crippen LogP contribution in [0.3, 0.4) is 0 Å². The smallest absolute Gasteiger partial charge is 0.120 e. The molecule has 1 heterocycles. The summed E-state index contributed by atoms with van der Waals surface area (Å²) in [7, 11) is 2.00. The summed E-state index contributed by atoms with van der Waals surface area (Å²) in [5.74, 6) is 0.266. The molecule has 25 heavy (non-hydrogen) atoms. The summed E-state index contributed by atoms with van der Waals surface area (Å²) in [6.07, 6.45) is 0. The molecule has 1 aliphatic rings. The Morgan fingerprint density at radius 1 is 0.880 bits per heavy atom. The lowest BCUT2D eigenvalue weighted by Gasteiger charge is -2.33. The predicted molar refractivity (Wildman–Crippen MR) is 107 cm³/mol. The van der Waals surface area contributed by atoms with Crippen LogP contribution < -0.4 is 4.90 Å². The van der Waals surface area contributed by atoms with Crippen LogP contribution in [0.4, 0.5) is 5.69 Å². The van der Waals surface area contributed by atoms with Crippen molar-refractivity contribution in [2.75, 3.05) is 11.9 Å². The zero-order valence-electron chi connectivity index (χ0n) is 14.2. The third-order valence-electron chi connectivity index (χ3n) is 5.06. The van der Waals surface area contributed by atoms with Gasteiger partial charge in [0.2, 0.25) is 0 Å². The van der Waals surface area contributed by atoms with Crippen molar-refractivity contribution in [3.05, 3.63) is 95.1 Å². The number of hydrogen-bond acceptors (Lipinski definition) is 2. The first-order valence-corrected chi connectivity index (χ1v) is 8.71. The maximum atomic E-state index is 10.8. The number of phenols is 1. The number of aromatic hydroxyl groups is 1. The van der Waals surface area contributed by atoms with Crippen molar-refractivity contribution in [2.45, 2.75) is 12.3 Å². The number of benzene rings is 3. The number of nitrogens with zero attached hydrogens (tertiary/aromatic N) is 1. The van der Waals surface area contributed by atoms with Crippen molar-refractivity contribution in [1.82, 2.24) is 0 Å². The van der Waals surface area contributed by atoms with E-state index in [9.17, 15) is 5.11 Å². The van der Waals surface area contributed by atoms with Crippen LogP contribution in [0.15, 0.2) is 72.8 Å². The minimum absolute atomic E-state index is 0.266. The van der Waals surface area contributed by atoms with E-state index >= 15 is 0 Å². The summed E-state index contributed by atoms with van der Waals surface area (Å²) in [5.41, 5.74) is 4.51. The molecule has 0 bridgehead atoms. The molecule has 0 saturated carbocycles. The van der Waals surface area contributed by atoms with Gasteiger partial charge >= 0.3 is 0 Å². The highest BCUT2D eigenvalue weighted by molar-refractivity contribution is 7.80. The second kappa shape index (κ2) is 5.71. The van der Waals surface area contributed by atoms with Crippen LogP contribution in [-0.2, 0) is 5.41 Å². The van der Waals surface area contributed by atoms with Crippen molar-refractivity contribution in [2.24, 2.45) is 0 Å². The number of aryl methyl sites for hydroxylation is 1. The molecule has 124 valence electrons. The van der Waals surface area contributed by atoms with E-state index in [4.69, 9.17) is 12.2 Å². The minimum Gasteiger partial charge on any atom is -0.508 e. The van der Waals surface area contributed by atoms with Crippen LogP contribution in [-0.4, -0.2) is 17.1 Å². The van der Waals surface area contributed by atoms with Crippen LogP contribution >= 0.6 is 12.2 Å². The Morgan fingerprint density at radius 2 is 1.56 bits per heavy atom. The monoisotopic (exact) mass is 345 g/mol. The zero-order chi connectivity index (χ0) is 17.6. The summed E-state index contributed by atoms with van der Waals surface area (Å²) in [5, 5.41) is 10.8. The van der Waals surface area contributed by atoms with Gasteiger partial charge in [-0.05, 0) is 30.2 Å². The van der Waals surface area contributed by atoms with E-state index in [1.165, 1.54) is 0 Å². The molecule has 0 unspecified atom stereocenters. The highest BCUT2D eigenvalue weighted by Crippen LogP contribution is 2.52. The Kier molecular flexibility index (Phi) is 3.62. The Balaban J connectivity index is 2.16. The van der Waals surface area contributed by atoms with Crippen LogP contribution in [0, 0.1) is 6.92 Å². The van der Waals surface area contributed by atoms with Gasteiger partial charge in [-0.2, -0.15) is 0 Å². The highest BCUT2D eigenvalue weighted by Gasteiger charge is 2.50. The number of rotatable bonds is 2. The Labute approximate surface area is 153 Å². The summed E-state index contributed by atoms with van der Waals surface area (Å²) in [6, 6.07) is 24.2. The average Bonchev–Trinajstić information content (AvgIpc) is 2.87. The molecular formula is C22H19NOS. The fourth-order valence-corrected chi connectivity index (χ4v) is 4.33. The van der Waals surface area contributed by atoms with Crippen LogP contribution in [0.25, 0.3) is 0 Å². The average molecular weight is 345 g/mol. The quantitative estimate of drug-likeness (QED) is 0.674. The first-order valence-electron chi connectivity index (χ1n) is 8.30. The van der Waals surface area contributed by atoms with Gasteiger partial charge in [-0.3, -0.25) is 0 Å². The fourth-order valence-electron chi connectivity index (χ4n) is 3.89. The molecule has 2 nitrogen and oxygen atoms in total. The van der Waals surface area contributed by atoms with Crippen LogP contribution in [0.5, 0.6) is 5.75 Å². The van der Waals surface area contributed by atoms with E-state index in [2.05, 4.69) is 29.2 Å². The van der Waals surface area contributed by atoms with Gasteiger partial charge in [-0.15, -0.1) is 0 Å². The van der Waals surface area contributed by atoms with Gasteiger partial charge < -0.3 is 10.0 Å². The van der Waals surface area contributed by atoms with Gasteiger partial charge in [0.25, 0.3) is 0 Å². The van der Waals surface area contributed by atoms with Gasteiger partial charge in [0.15, 0.2) is 0 Å². The summed E-state index contributed by atoms with van der Waals surface area (Å²) in [4.78, 5) is 2.83. The van der Waals surface area contributed by atoms with Crippen molar-refractivity contribution < 1.29 is 5.11 Å². The van der Waals surface area contributed by atoms with Crippen molar-refractivity contribution >= 4 is 22.9 Å². The molecule has 0 amide bonds. The van der Waals surface area contributed by atoms with E-state index in [1.807, 2.05) is 56.4 Å². The molecule has 0 aliphatic carbocycles. The first-order chi connectivity index (χ1) is 12.1. The highest BCUT2D eigenvalue weighted by atomic mass is 32.1. The van der Waals surface area contributed by atoms with E-state index in [0.29, 0.717) is 0 Å². The van der Waals surface area contributed by atoms with E-state index < -0.39 is 5.41 Å². The number of hydrogen-bond donors (Lipinski definition) is 1. The molecule has 0 radical (unpaired) electrons. The molecule has 0 saturated heterocycles. The minimum atomic E-state index is -0.669. The third kappa shape index (κ3) is 2.12. The normalized spacial score (nSPS) is 19.1. The lowest BCUT2D eigenvalue weighted by atomic mass is 9.70. The topological polar surface area (TPSA) is 23.5 Å². The van der Waals surface area contributed by atoms with Gasteiger partial charge in [-0.25, -0.2) is 0 Å². The SMILES string of the molecule is Cc1ccc(O)c([C@@]2(c3ccccc3)C(=S)N(C)c3ccccc32)c1. The second-order valence-corrected chi connectivity index (χ2v) is 6.90. The molecule has 3 aromatic rings. The Bertz CT molecular complexity index is 967. The molecule has 1 aliphatic heterocycles. The van der Waals surface area contributed by atoms with E-state index in [0.717, 1.165) is 32.9 Å². The number of phenolic OH excluding ortho intramolecular Hbond substituents is 1. The van der Waals surface area contributed by atoms with Crippen LogP contribution in [0.1, 0.15) is 22.3 Å². The third-order valence-corrected chi connectivity index (χ3v) is 5.64. The van der Waals surface area contributed by atoms with Crippen LogP contribution in [0.2, 0.25) is 0 Å². The number of para-hydroxylation sites is 1. The standard InChI is InChI=1S/C22H19NOS/c1-15-12-13-20(24)18(14-15)22(16-8-4-3-5-9-16)17-10-6-7-11-19(17)23(2)21(22)25/h3-14,24H,1-2H3/t22-/m0/s1. The first kappa shape index (κ1) is 15.9. The largest absolute Gasteiger partial charge is 0.508 e. The number of fused-ring (bicyclic) bond motifs is 1. The molecule has 0 spiro atoms. The molecule has 1 atom stereocenters. The molecule has 3 aromatic carbocycles. The van der Waals surface area contributed by atoms with Gasteiger partial charge in [-0.1, -0.05) is 78.4 Å². The second-order valence-electron chi connectivity index (χ2n) is 6.52. The molecule has 0 aromatic heterocycles. The lowest BCUT2D eigenvalue weighted by Crippen LogP contribution is -2.39. The van der Waals surface area contributed by atoms with Crippen molar-refractivity contribution in [1.29, 1.82) is 0 Å². The maximum absolute atomic E-state index is 10.8. The predicted octanol–water partition coefficient (Wildman–Crippen LogP) is 4.81. The molecular weight excluding hydrogens is 326 g/mol.